The van der Waals surface area contributed by atoms with Crippen molar-refractivity contribution in [2.75, 3.05) is 18.4 Å². The molecule has 1 rings (SSSR count). The lowest BCUT2D eigenvalue weighted by atomic mass is 10.2. The van der Waals surface area contributed by atoms with Crippen LogP contribution in [-0.4, -0.2) is 23.9 Å². The minimum atomic E-state index is -0.529. The molecule has 4 nitrogen and oxygen atoms in total. The first-order valence-electron chi connectivity index (χ1n) is 6.36. The molecule has 0 aliphatic carbocycles. The summed E-state index contributed by atoms with van der Waals surface area (Å²) in [7, 11) is 0. The molecule has 22 heavy (non-hydrogen) atoms. The maximum Gasteiger partial charge on any atom is 0.267 e. The molecule has 0 unspecified atom stereocenters. The molecule has 6 heteroatoms. The number of benzene rings is 1. The lowest BCUT2D eigenvalue weighted by molar-refractivity contribution is -0.112. The SMILES string of the molecule is C=CCN(/C=C(/C#N)C(=O)Nc1ccc(Cl)c(Cl)c1)CC=C. The Labute approximate surface area is 139 Å². The third-order valence-electron chi connectivity index (χ3n) is 2.58. The fourth-order valence-electron chi connectivity index (χ4n) is 1.60. The minimum Gasteiger partial charge on any atom is -0.369 e. The highest BCUT2D eigenvalue weighted by atomic mass is 35.5. The average molecular weight is 336 g/mol. The molecule has 0 aliphatic rings. The molecule has 1 aromatic rings. The van der Waals surface area contributed by atoms with E-state index in [4.69, 9.17) is 28.5 Å². The van der Waals surface area contributed by atoms with Gasteiger partial charge in [-0.2, -0.15) is 5.26 Å². The number of rotatable bonds is 7. The van der Waals surface area contributed by atoms with Crippen LogP contribution in [0.25, 0.3) is 0 Å². The Balaban J connectivity index is 2.91. The number of hydrogen-bond donors (Lipinski definition) is 1. The highest BCUT2D eigenvalue weighted by molar-refractivity contribution is 6.42. The van der Waals surface area contributed by atoms with Crippen molar-refractivity contribution in [2.45, 2.75) is 0 Å². The molecule has 1 aromatic carbocycles. The van der Waals surface area contributed by atoms with E-state index in [2.05, 4.69) is 18.5 Å². The monoisotopic (exact) mass is 335 g/mol. The molecule has 0 fully saturated rings. The van der Waals surface area contributed by atoms with E-state index < -0.39 is 5.91 Å². The number of amides is 1. The van der Waals surface area contributed by atoms with Crippen LogP contribution in [0.4, 0.5) is 5.69 Å². The van der Waals surface area contributed by atoms with Gasteiger partial charge in [-0.1, -0.05) is 35.4 Å². The summed E-state index contributed by atoms with van der Waals surface area (Å²) in [5.74, 6) is -0.529. The molecule has 0 saturated carbocycles. The van der Waals surface area contributed by atoms with Gasteiger partial charge in [-0.05, 0) is 18.2 Å². The summed E-state index contributed by atoms with van der Waals surface area (Å²) in [6, 6.07) is 6.56. The Hall–Kier alpha value is -2.22. The van der Waals surface area contributed by atoms with Gasteiger partial charge in [0.15, 0.2) is 0 Å². The molecule has 0 heterocycles. The third-order valence-corrected chi connectivity index (χ3v) is 3.32. The van der Waals surface area contributed by atoms with E-state index in [1.54, 1.807) is 29.2 Å². The second-order valence-corrected chi connectivity index (χ2v) is 5.08. The lowest BCUT2D eigenvalue weighted by Crippen LogP contribution is -2.21. The number of halogens is 2. The van der Waals surface area contributed by atoms with Crippen molar-refractivity contribution >= 4 is 34.8 Å². The van der Waals surface area contributed by atoms with E-state index in [1.807, 2.05) is 6.07 Å². The molecule has 0 aromatic heterocycles. The number of carbonyl (C=O) groups excluding carboxylic acids is 1. The maximum absolute atomic E-state index is 12.1. The van der Waals surface area contributed by atoms with Crippen molar-refractivity contribution in [3.8, 4) is 6.07 Å². The highest BCUT2D eigenvalue weighted by Crippen LogP contribution is 2.25. The summed E-state index contributed by atoms with van der Waals surface area (Å²) in [6.45, 7) is 8.26. The molecular formula is C16H15Cl2N3O. The van der Waals surface area contributed by atoms with Gasteiger partial charge in [0.1, 0.15) is 11.6 Å². The number of nitrogens with zero attached hydrogens (tertiary/aromatic N) is 2. The third kappa shape index (κ3) is 5.28. The molecule has 1 N–H and O–H groups in total. The largest absolute Gasteiger partial charge is 0.369 e. The Morgan fingerprint density at radius 1 is 1.27 bits per heavy atom. The Kier molecular flexibility index (Phi) is 7.24. The number of anilines is 1. The smallest absolute Gasteiger partial charge is 0.267 e. The van der Waals surface area contributed by atoms with Gasteiger partial charge < -0.3 is 10.2 Å². The molecule has 0 radical (unpaired) electrons. The Morgan fingerprint density at radius 2 is 1.91 bits per heavy atom. The number of carbonyl (C=O) groups is 1. The van der Waals surface area contributed by atoms with E-state index in [1.165, 1.54) is 12.3 Å². The summed E-state index contributed by atoms with van der Waals surface area (Å²) >= 11 is 11.7. The topological polar surface area (TPSA) is 56.1 Å². The number of hydrogen-bond acceptors (Lipinski definition) is 3. The van der Waals surface area contributed by atoms with Gasteiger partial charge in [-0.3, -0.25) is 4.79 Å². The zero-order valence-corrected chi connectivity index (χ0v) is 13.4. The van der Waals surface area contributed by atoms with Gasteiger partial charge >= 0.3 is 0 Å². The van der Waals surface area contributed by atoms with Crippen molar-refractivity contribution in [1.82, 2.24) is 4.90 Å². The first-order chi connectivity index (χ1) is 10.5. The molecule has 0 atom stereocenters. The zero-order valence-electron chi connectivity index (χ0n) is 11.9. The molecule has 0 spiro atoms. The van der Waals surface area contributed by atoms with Gasteiger partial charge in [0.05, 0.1) is 10.0 Å². The van der Waals surface area contributed by atoms with Gasteiger partial charge in [0.25, 0.3) is 5.91 Å². The van der Waals surface area contributed by atoms with Crippen molar-refractivity contribution in [3.63, 3.8) is 0 Å². The second-order valence-electron chi connectivity index (χ2n) is 4.27. The standard InChI is InChI=1S/C16H15Cl2N3O/c1-3-7-21(8-4-2)11-12(10-19)16(22)20-13-5-6-14(17)15(18)9-13/h3-6,9,11H,1-2,7-8H2,(H,20,22)/b12-11-. The molecule has 0 bridgehead atoms. The van der Waals surface area contributed by atoms with Crippen molar-refractivity contribution in [3.05, 3.63) is 65.3 Å². The van der Waals surface area contributed by atoms with Crippen molar-refractivity contribution in [2.24, 2.45) is 0 Å². The van der Waals surface area contributed by atoms with Crippen LogP contribution >= 0.6 is 23.2 Å². The summed E-state index contributed by atoms with van der Waals surface area (Å²) in [4.78, 5) is 13.9. The van der Waals surface area contributed by atoms with Crippen LogP contribution in [0.2, 0.25) is 10.0 Å². The molecule has 0 aliphatic heterocycles. The van der Waals surface area contributed by atoms with Crippen LogP contribution < -0.4 is 5.32 Å². The quantitative estimate of drug-likeness (QED) is 0.465. The summed E-state index contributed by atoms with van der Waals surface area (Å²) < 4.78 is 0. The van der Waals surface area contributed by atoms with Crippen LogP contribution in [0, 0.1) is 11.3 Å². The first-order valence-corrected chi connectivity index (χ1v) is 7.11. The van der Waals surface area contributed by atoms with Gasteiger partial charge in [0.2, 0.25) is 0 Å². The van der Waals surface area contributed by atoms with E-state index >= 15 is 0 Å². The van der Waals surface area contributed by atoms with E-state index in [-0.39, 0.29) is 5.57 Å². The van der Waals surface area contributed by atoms with E-state index in [0.29, 0.717) is 28.8 Å². The Morgan fingerprint density at radius 3 is 2.41 bits per heavy atom. The van der Waals surface area contributed by atoms with Crippen LogP contribution in [0.5, 0.6) is 0 Å². The fourth-order valence-corrected chi connectivity index (χ4v) is 1.90. The second kappa shape index (κ2) is 8.93. The van der Waals surface area contributed by atoms with Gasteiger partial charge in [-0.25, -0.2) is 0 Å². The number of nitriles is 1. The van der Waals surface area contributed by atoms with Crippen LogP contribution in [0.15, 0.2) is 55.3 Å². The van der Waals surface area contributed by atoms with E-state index in [9.17, 15) is 4.79 Å². The molecule has 114 valence electrons. The number of nitrogens with one attached hydrogen (secondary N) is 1. The van der Waals surface area contributed by atoms with Crippen LogP contribution in [-0.2, 0) is 4.79 Å². The summed E-state index contributed by atoms with van der Waals surface area (Å²) in [5, 5.41) is 12.5. The summed E-state index contributed by atoms with van der Waals surface area (Å²) in [6.07, 6.45) is 4.81. The highest BCUT2D eigenvalue weighted by Gasteiger charge is 2.11. The zero-order chi connectivity index (χ0) is 16.5. The molecule has 0 saturated heterocycles. The average Bonchev–Trinajstić information content (AvgIpc) is 2.48. The normalized spacial score (nSPS) is 10.5. The fraction of sp³-hybridized carbons (Fsp3) is 0.125. The van der Waals surface area contributed by atoms with Crippen LogP contribution in [0.3, 0.4) is 0 Å². The van der Waals surface area contributed by atoms with E-state index in [0.717, 1.165) is 0 Å². The van der Waals surface area contributed by atoms with Crippen LogP contribution in [0.1, 0.15) is 0 Å². The lowest BCUT2D eigenvalue weighted by Gasteiger charge is -2.16. The van der Waals surface area contributed by atoms with Crippen molar-refractivity contribution < 1.29 is 4.79 Å². The minimum absolute atomic E-state index is 0.0326. The Bertz CT molecular complexity index is 637. The maximum atomic E-state index is 12.1. The van der Waals surface area contributed by atoms with Crippen molar-refractivity contribution in [1.29, 1.82) is 5.26 Å². The first kappa shape index (κ1) is 17.8. The predicted octanol–water partition coefficient (Wildman–Crippen LogP) is 4.01. The van der Waals surface area contributed by atoms with Gasteiger partial charge in [-0.15, -0.1) is 13.2 Å². The molecular weight excluding hydrogens is 321 g/mol. The van der Waals surface area contributed by atoms with Gasteiger partial charge in [0, 0.05) is 25.0 Å². The molecule has 1 amide bonds. The predicted molar refractivity (Wildman–Crippen MR) is 90.8 cm³/mol. The summed E-state index contributed by atoms with van der Waals surface area (Å²) in [5.41, 5.74) is 0.425.